The minimum absolute atomic E-state index is 0.0477. The molecule has 27 heavy (non-hydrogen) atoms. The molecule has 0 aliphatic rings. The summed E-state index contributed by atoms with van der Waals surface area (Å²) >= 11 is 6.01. The summed E-state index contributed by atoms with van der Waals surface area (Å²) in [6.07, 6.45) is 4.41. The number of rotatable bonds is 7. The van der Waals surface area contributed by atoms with Crippen molar-refractivity contribution >= 4 is 17.5 Å². The molecule has 1 aromatic carbocycles. The molecule has 0 saturated carbocycles. The molecule has 6 nitrogen and oxygen atoms in total. The van der Waals surface area contributed by atoms with Gasteiger partial charge < -0.3 is 14.4 Å². The number of halogens is 2. The van der Waals surface area contributed by atoms with Crippen LogP contribution in [0.3, 0.4) is 0 Å². The number of benzene rings is 1. The maximum atomic E-state index is 14.0. The van der Waals surface area contributed by atoms with E-state index in [-0.39, 0.29) is 40.8 Å². The third-order valence-corrected chi connectivity index (χ3v) is 4.37. The van der Waals surface area contributed by atoms with Gasteiger partial charge in [0.2, 0.25) is 17.6 Å². The molecule has 0 spiro atoms. The monoisotopic (exact) mass is 390 g/mol. The molecular formula is C19H20ClFN4O2. The summed E-state index contributed by atoms with van der Waals surface area (Å²) in [6.45, 7) is 4.17. The first-order valence-corrected chi connectivity index (χ1v) is 9.00. The van der Waals surface area contributed by atoms with E-state index in [1.165, 1.54) is 12.1 Å². The third kappa shape index (κ3) is 4.54. The zero-order valence-electron chi connectivity index (χ0n) is 15.0. The van der Waals surface area contributed by atoms with Crippen LogP contribution in [0.1, 0.15) is 32.2 Å². The normalized spacial score (nSPS) is 12.3. The molecule has 0 saturated heterocycles. The van der Waals surface area contributed by atoms with E-state index in [1.54, 1.807) is 6.07 Å². The van der Waals surface area contributed by atoms with Crippen molar-refractivity contribution in [3.8, 4) is 11.4 Å². The molecule has 1 amide bonds. The van der Waals surface area contributed by atoms with Crippen molar-refractivity contribution in [3.05, 3.63) is 59.5 Å². The second-order valence-electron chi connectivity index (χ2n) is 6.60. The highest BCUT2D eigenvalue weighted by Gasteiger charge is 2.22. The van der Waals surface area contributed by atoms with Crippen molar-refractivity contribution in [2.45, 2.75) is 32.9 Å². The fourth-order valence-electron chi connectivity index (χ4n) is 2.79. The SMILES string of the molecule is CC(C)CC(C(=O)NCc1nc(-c2c(F)cccc2Cl)no1)n1cccc1. The number of carbonyl (C=O) groups excluding carboxylic acids is 1. The molecule has 0 aliphatic carbocycles. The number of aromatic nitrogens is 3. The fourth-order valence-corrected chi connectivity index (χ4v) is 3.03. The van der Waals surface area contributed by atoms with Crippen LogP contribution in [-0.2, 0) is 11.3 Å². The molecule has 142 valence electrons. The van der Waals surface area contributed by atoms with E-state index in [0.717, 1.165) is 0 Å². The summed E-state index contributed by atoms with van der Waals surface area (Å²) in [4.78, 5) is 16.8. The Morgan fingerprint density at radius 3 is 2.70 bits per heavy atom. The van der Waals surface area contributed by atoms with Crippen molar-refractivity contribution in [1.82, 2.24) is 20.0 Å². The maximum Gasteiger partial charge on any atom is 0.246 e. The number of nitrogens with one attached hydrogen (secondary N) is 1. The lowest BCUT2D eigenvalue weighted by atomic mass is 10.0. The van der Waals surface area contributed by atoms with Gasteiger partial charge >= 0.3 is 0 Å². The summed E-state index contributed by atoms with van der Waals surface area (Å²) < 4.78 is 21.0. The van der Waals surface area contributed by atoms with E-state index in [1.807, 2.05) is 29.1 Å². The summed E-state index contributed by atoms with van der Waals surface area (Å²) in [5.74, 6) is -0.117. The predicted octanol–water partition coefficient (Wildman–Crippen LogP) is 4.23. The van der Waals surface area contributed by atoms with Gasteiger partial charge in [0.1, 0.15) is 11.9 Å². The summed E-state index contributed by atoms with van der Waals surface area (Å²) in [5, 5.41) is 6.76. The Labute approximate surface area is 161 Å². The predicted molar refractivity (Wildman–Crippen MR) is 99.5 cm³/mol. The molecular weight excluding hydrogens is 371 g/mol. The molecule has 0 fully saturated rings. The Balaban J connectivity index is 1.69. The molecule has 3 aromatic rings. The summed E-state index contributed by atoms with van der Waals surface area (Å²) in [5.41, 5.74) is 0.0746. The van der Waals surface area contributed by atoms with Crippen molar-refractivity contribution in [2.24, 2.45) is 5.92 Å². The minimum Gasteiger partial charge on any atom is -0.345 e. The van der Waals surface area contributed by atoms with E-state index in [9.17, 15) is 9.18 Å². The number of carbonyl (C=O) groups is 1. The van der Waals surface area contributed by atoms with Crippen molar-refractivity contribution in [1.29, 1.82) is 0 Å². The van der Waals surface area contributed by atoms with Gasteiger partial charge in [-0.2, -0.15) is 4.98 Å². The van der Waals surface area contributed by atoms with Gasteiger partial charge in [0, 0.05) is 12.4 Å². The average Bonchev–Trinajstić information content (AvgIpc) is 3.29. The Morgan fingerprint density at radius 1 is 1.30 bits per heavy atom. The standard InChI is InChI=1S/C19H20ClFN4O2/c1-12(2)10-15(25-8-3-4-9-25)19(26)22-11-16-23-18(24-27-16)17-13(20)6-5-7-14(17)21/h3-9,12,15H,10-11H2,1-2H3,(H,22,26). The van der Waals surface area contributed by atoms with Crippen LogP contribution < -0.4 is 5.32 Å². The summed E-state index contributed by atoms with van der Waals surface area (Å²) in [6, 6.07) is 7.74. The van der Waals surface area contributed by atoms with Gasteiger partial charge in [-0.3, -0.25) is 4.79 Å². The van der Waals surface area contributed by atoms with Gasteiger partial charge in [0.25, 0.3) is 0 Å². The van der Waals surface area contributed by atoms with E-state index >= 15 is 0 Å². The second kappa shape index (κ2) is 8.35. The zero-order chi connectivity index (χ0) is 19.4. The number of amides is 1. The van der Waals surface area contributed by atoms with E-state index in [2.05, 4.69) is 29.3 Å². The molecule has 0 radical (unpaired) electrons. The first kappa shape index (κ1) is 19.1. The maximum absolute atomic E-state index is 14.0. The van der Waals surface area contributed by atoms with Crippen LogP contribution in [0.2, 0.25) is 5.02 Å². The van der Waals surface area contributed by atoms with Gasteiger partial charge in [-0.05, 0) is 36.6 Å². The number of hydrogen-bond donors (Lipinski definition) is 1. The second-order valence-corrected chi connectivity index (χ2v) is 7.01. The van der Waals surface area contributed by atoms with Crippen LogP contribution in [0.15, 0.2) is 47.2 Å². The number of nitrogens with zero attached hydrogens (tertiary/aromatic N) is 3. The van der Waals surface area contributed by atoms with E-state index < -0.39 is 5.82 Å². The van der Waals surface area contributed by atoms with Crippen LogP contribution >= 0.6 is 11.6 Å². The van der Waals surface area contributed by atoms with Crippen molar-refractivity contribution in [3.63, 3.8) is 0 Å². The van der Waals surface area contributed by atoms with Crippen LogP contribution in [-0.4, -0.2) is 20.6 Å². The molecule has 0 aliphatic heterocycles. The van der Waals surface area contributed by atoms with Gasteiger partial charge in [-0.1, -0.05) is 36.7 Å². The van der Waals surface area contributed by atoms with Crippen molar-refractivity contribution < 1.29 is 13.7 Å². The fraction of sp³-hybridized carbons (Fsp3) is 0.316. The minimum atomic E-state index is -0.538. The first-order valence-electron chi connectivity index (χ1n) is 8.63. The van der Waals surface area contributed by atoms with Gasteiger partial charge in [0.15, 0.2) is 0 Å². The van der Waals surface area contributed by atoms with E-state index in [4.69, 9.17) is 16.1 Å². The Kier molecular flexibility index (Phi) is 5.91. The van der Waals surface area contributed by atoms with Crippen molar-refractivity contribution in [2.75, 3.05) is 0 Å². The lowest BCUT2D eigenvalue weighted by Crippen LogP contribution is -2.32. The third-order valence-electron chi connectivity index (χ3n) is 4.05. The quantitative estimate of drug-likeness (QED) is 0.655. The Bertz CT molecular complexity index is 888. The highest BCUT2D eigenvalue weighted by Crippen LogP contribution is 2.28. The molecule has 8 heteroatoms. The molecule has 3 rings (SSSR count). The Hall–Kier alpha value is -2.67. The van der Waals surface area contributed by atoms with Crippen LogP contribution in [0.25, 0.3) is 11.4 Å². The van der Waals surface area contributed by atoms with Crippen LogP contribution in [0, 0.1) is 11.7 Å². The van der Waals surface area contributed by atoms with Crippen LogP contribution in [0.5, 0.6) is 0 Å². The molecule has 1 N–H and O–H groups in total. The largest absolute Gasteiger partial charge is 0.345 e. The average molecular weight is 391 g/mol. The lowest BCUT2D eigenvalue weighted by molar-refractivity contribution is -0.125. The molecule has 1 atom stereocenters. The highest BCUT2D eigenvalue weighted by molar-refractivity contribution is 6.33. The smallest absolute Gasteiger partial charge is 0.246 e. The highest BCUT2D eigenvalue weighted by atomic mass is 35.5. The van der Waals surface area contributed by atoms with Crippen LogP contribution in [0.4, 0.5) is 4.39 Å². The Morgan fingerprint density at radius 2 is 2.04 bits per heavy atom. The molecule has 2 aromatic heterocycles. The molecule has 1 unspecified atom stereocenters. The topological polar surface area (TPSA) is 73.0 Å². The van der Waals surface area contributed by atoms with Gasteiger partial charge in [-0.15, -0.1) is 0 Å². The zero-order valence-corrected chi connectivity index (χ0v) is 15.8. The van der Waals surface area contributed by atoms with Gasteiger partial charge in [0.05, 0.1) is 17.1 Å². The molecule has 0 bridgehead atoms. The lowest BCUT2D eigenvalue weighted by Gasteiger charge is -2.20. The molecule has 2 heterocycles. The summed E-state index contributed by atoms with van der Waals surface area (Å²) in [7, 11) is 0. The number of hydrogen-bond acceptors (Lipinski definition) is 4. The first-order chi connectivity index (χ1) is 13.0. The van der Waals surface area contributed by atoms with Gasteiger partial charge in [-0.25, -0.2) is 4.39 Å². The van der Waals surface area contributed by atoms with E-state index in [0.29, 0.717) is 12.3 Å².